The summed E-state index contributed by atoms with van der Waals surface area (Å²) in [6.07, 6.45) is 0. The van der Waals surface area contributed by atoms with Crippen LogP contribution < -0.4 is 0 Å². The van der Waals surface area contributed by atoms with Gasteiger partial charge < -0.3 is 0 Å². The molecule has 138 valence electrons. The largest absolute Gasteiger partial charge is 0.0616 e. The molecule has 0 atom stereocenters. The van der Waals surface area contributed by atoms with Crippen molar-refractivity contribution in [3.05, 3.63) is 109 Å². The highest BCUT2D eigenvalue weighted by molar-refractivity contribution is 6.26. The summed E-state index contributed by atoms with van der Waals surface area (Å²) in [5.74, 6) is 0. The molecule has 0 N–H and O–H groups in total. The fourth-order valence-electron chi connectivity index (χ4n) is 5.17. The van der Waals surface area contributed by atoms with E-state index >= 15 is 0 Å². The standard InChI is InChI=1S/C30H18/c1-2-6-23-18-28-24(17-22(23)5-1)9-4-10-25(28)26-15-13-21-12-11-19-7-3-8-20-14-16-27(26)30(21)29(19)20/h1-18H. The van der Waals surface area contributed by atoms with Gasteiger partial charge in [-0.1, -0.05) is 97.1 Å². The van der Waals surface area contributed by atoms with Crippen LogP contribution in [0.15, 0.2) is 109 Å². The van der Waals surface area contributed by atoms with Gasteiger partial charge >= 0.3 is 0 Å². The number of hydrogen-bond donors (Lipinski definition) is 0. The SMILES string of the molecule is c1ccc2cc3c(-c4ccc5ccc6cccc7ccc4c5c67)cccc3cc2c1. The van der Waals surface area contributed by atoms with Gasteiger partial charge in [-0.2, -0.15) is 0 Å². The summed E-state index contributed by atoms with van der Waals surface area (Å²) in [5, 5.41) is 13.2. The van der Waals surface area contributed by atoms with Crippen LogP contribution in [0.1, 0.15) is 0 Å². The number of rotatable bonds is 1. The van der Waals surface area contributed by atoms with Gasteiger partial charge in [-0.25, -0.2) is 0 Å². The zero-order valence-corrected chi connectivity index (χ0v) is 16.4. The Labute approximate surface area is 174 Å². The summed E-state index contributed by atoms with van der Waals surface area (Å²) in [7, 11) is 0. The van der Waals surface area contributed by atoms with E-state index < -0.39 is 0 Å². The van der Waals surface area contributed by atoms with Crippen molar-refractivity contribution in [3.63, 3.8) is 0 Å². The summed E-state index contributed by atoms with van der Waals surface area (Å²) >= 11 is 0. The minimum Gasteiger partial charge on any atom is -0.0616 e. The lowest BCUT2D eigenvalue weighted by Crippen LogP contribution is -1.88. The van der Waals surface area contributed by atoms with Crippen molar-refractivity contribution < 1.29 is 0 Å². The van der Waals surface area contributed by atoms with Crippen LogP contribution in [0.5, 0.6) is 0 Å². The Bertz CT molecular complexity index is 1720. The molecule has 0 heteroatoms. The fraction of sp³-hybridized carbons (Fsp3) is 0. The molecule has 0 saturated heterocycles. The van der Waals surface area contributed by atoms with Crippen molar-refractivity contribution in [2.45, 2.75) is 0 Å². The first-order valence-corrected chi connectivity index (χ1v) is 10.5. The second-order valence-electron chi connectivity index (χ2n) is 8.20. The Morgan fingerprint density at radius 2 is 0.867 bits per heavy atom. The van der Waals surface area contributed by atoms with Gasteiger partial charge in [0.25, 0.3) is 0 Å². The molecular formula is C30H18. The molecule has 0 aromatic heterocycles. The van der Waals surface area contributed by atoms with E-state index in [0.717, 1.165) is 0 Å². The molecule has 0 spiro atoms. The van der Waals surface area contributed by atoms with Gasteiger partial charge in [0.15, 0.2) is 0 Å². The smallest absolute Gasteiger partial charge is 0.00206 e. The number of benzene rings is 7. The first-order valence-electron chi connectivity index (χ1n) is 10.5. The first-order chi connectivity index (χ1) is 14.9. The third-order valence-corrected chi connectivity index (χ3v) is 6.57. The second kappa shape index (κ2) is 5.81. The summed E-state index contributed by atoms with van der Waals surface area (Å²) in [6.45, 7) is 0. The summed E-state index contributed by atoms with van der Waals surface area (Å²) < 4.78 is 0. The molecule has 0 saturated carbocycles. The lowest BCUT2D eigenvalue weighted by Gasteiger charge is -2.15. The van der Waals surface area contributed by atoms with E-state index in [9.17, 15) is 0 Å². The molecule has 7 aromatic carbocycles. The molecule has 7 rings (SSSR count). The molecule has 7 aromatic rings. The highest BCUT2D eigenvalue weighted by Crippen LogP contribution is 2.41. The van der Waals surface area contributed by atoms with E-state index in [1.807, 2.05) is 0 Å². The maximum absolute atomic E-state index is 2.35. The van der Waals surface area contributed by atoms with Crippen LogP contribution >= 0.6 is 0 Å². The molecule has 0 aliphatic carbocycles. The van der Waals surface area contributed by atoms with E-state index in [4.69, 9.17) is 0 Å². The van der Waals surface area contributed by atoms with Crippen LogP contribution in [0.2, 0.25) is 0 Å². The van der Waals surface area contributed by atoms with Crippen LogP contribution in [0, 0.1) is 0 Å². The topological polar surface area (TPSA) is 0 Å². The van der Waals surface area contributed by atoms with Gasteiger partial charge in [-0.15, -0.1) is 0 Å². The molecule has 0 bridgehead atoms. The molecule has 0 nitrogen and oxygen atoms in total. The summed E-state index contributed by atoms with van der Waals surface area (Å²) in [5.41, 5.74) is 2.61. The summed E-state index contributed by atoms with van der Waals surface area (Å²) in [4.78, 5) is 0. The average molecular weight is 378 g/mol. The van der Waals surface area contributed by atoms with Crippen molar-refractivity contribution in [1.82, 2.24) is 0 Å². The van der Waals surface area contributed by atoms with Gasteiger partial charge in [0.05, 0.1) is 0 Å². The predicted octanol–water partition coefficient (Wildman–Crippen LogP) is 8.56. The fourth-order valence-corrected chi connectivity index (χ4v) is 5.17. The predicted molar refractivity (Wildman–Crippen MR) is 131 cm³/mol. The van der Waals surface area contributed by atoms with E-state index in [-0.39, 0.29) is 0 Å². The van der Waals surface area contributed by atoms with Crippen LogP contribution in [0.25, 0.3) is 65.0 Å². The highest BCUT2D eigenvalue weighted by Gasteiger charge is 2.13. The molecule has 0 amide bonds. The van der Waals surface area contributed by atoms with Crippen molar-refractivity contribution in [3.8, 4) is 11.1 Å². The second-order valence-corrected chi connectivity index (χ2v) is 8.20. The van der Waals surface area contributed by atoms with E-state index in [0.29, 0.717) is 0 Å². The van der Waals surface area contributed by atoms with Crippen molar-refractivity contribution in [2.75, 3.05) is 0 Å². The average Bonchev–Trinajstić information content (AvgIpc) is 2.81. The number of hydrogen-bond acceptors (Lipinski definition) is 0. The Balaban J connectivity index is 1.64. The molecule has 30 heavy (non-hydrogen) atoms. The van der Waals surface area contributed by atoms with Crippen molar-refractivity contribution >= 4 is 53.9 Å². The Kier molecular flexibility index (Phi) is 3.09. The summed E-state index contributed by atoms with van der Waals surface area (Å²) in [6, 6.07) is 40.2. The Hall–Kier alpha value is -3.90. The Morgan fingerprint density at radius 1 is 0.300 bits per heavy atom. The third kappa shape index (κ3) is 2.11. The monoisotopic (exact) mass is 378 g/mol. The van der Waals surface area contributed by atoms with Crippen LogP contribution in [-0.2, 0) is 0 Å². The maximum atomic E-state index is 2.35. The first kappa shape index (κ1) is 16.0. The zero-order valence-electron chi connectivity index (χ0n) is 16.4. The zero-order chi connectivity index (χ0) is 19.7. The van der Waals surface area contributed by atoms with Gasteiger partial charge in [0.1, 0.15) is 0 Å². The van der Waals surface area contributed by atoms with Crippen LogP contribution in [-0.4, -0.2) is 0 Å². The van der Waals surface area contributed by atoms with Gasteiger partial charge in [-0.3, -0.25) is 0 Å². The lowest BCUT2D eigenvalue weighted by molar-refractivity contribution is 1.71. The van der Waals surface area contributed by atoms with Gasteiger partial charge in [-0.05, 0) is 77.1 Å². The maximum Gasteiger partial charge on any atom is -0.00206 e. The molecule has 0 aliphatic rings. The minimum absolute atomic E-state index is 1.29. The van der Waals surface area contributed by atoms with E-state index in [1.54, 1.807) is 0 Å². The molecule has 0 unspecified atom stereocenters. The Morgan fingerprint density at radius 3 is 1.70 bits per heavy atom. The quantitative estimate of drug-likeness (QED) is 0.198. The third-order valence-electron chi connectivity index (χ3n) is 6.57. The minimum atomic E-state index is 1.29. The van der Waals surface area contributed by atoms with Gasteiger partial charge in [0, 0.05) is 0 Å². The van der Waals surface area contributed by atoms with E-state index in [2.05, 4.69) is 109 Å². The molecule has 0 radical (unpaired) electrons. The number of fused-ring (bicyclic) bond motifs is 2. The normalized spacial score (nSPS) is 12.0. The molecule has 0 aliphatic heterocycles. The van der Waals surface area contributed by atoms with Crippen LogP contribution in [0.4, 0.5) is 0 Å². The van der Waals surface area contributed by atoms with Crippen molar-refractivity contribution in [1.29, 1.82) is 0 Å². The van der Waals surface area contributed by atoms with Gasteiger partial charge in [0.2, 0.25) is 0 Å². The van der Waals surface area contributed by atoms with Crippen molar-refractivity contribution in [2.24, 2.45) is 0 Å². The highest BCUT2D eigenvalue weighted by atomic mass is 14.2. The molecule has 0 heterocycles. The molecule has 0 fully saturated rings. The van der Waals surface area contributed by atoms with Crippen LogP contribution in [0.3, 0.4) is 0 Å². The molecular weight excluding hydrogens is 360 g/mol. The lowest BCUT2D eigenvalue weighted by atomic mass is 9.88. The van der Waals surface area contributed by atoms with E-state index in [1.165, 1.54) is 65.0 Å².